The van der Waals surface area contributed by atoms with Crippen molar-refractivity contribution in [2.45, 2.75) is 33.2 Å². The van der Waals surface area contributed by atoms with Crippen molar-refractivity contribution in [3.05, 3.63) is 57.5 Å². The lowest BCUT2D eigenvalue weighted by atomic mass is 10.00. The average molecular weight is 322 g/mol. The van der Waals surface area contributed by atoms with Gasteiger partial charge in [0.05, 0.1) is 6.04 Å². The van der Waals surface area contributed by atoms with E-state index in [9.17, 15) is 0 Å². The molecule has 0 bridgehead atoms. The molecule has 0 amide bonds. The summed E-state index contributed by atoms with van der Waals surface area (Å²) in [5.41, 5.74) is 4.01. The van der Waals surface area contributed by atoms with Gasteiger partial charge >= 0.3 is 0 Å². The zero-order valence-electron chi connectivity index (χ0n) is 11.7. The van der Waals surface area contributed by atoms with E-state index < -0.39 is 0 Å². The lowest BCUT2D eigenvalue weighted by molar-refractivity contribution is 0.405. The summed E-state index contributed by atoms with van der Waals surface area (Å²) in [6.07, 6.45) is 0.939. The topological polar surface area (TPSA) is 25.2 Å². The minimum atomic E-state index is 0.221. The van der Waals surface area contributed by atoms with Crippen LogP contribution in [0, 0.1) is 13.8 Å². The third-order valence-electron chi connectivity index (χ3n) is 3.40. The Morgan fingerprint density at radius 3 is 2.53 bits per heavy atom. The van der Waals surface area contributed by atoms with Gasteiger partial charge in [-0.2, -0.15) is 0 Å². The number of likely N-dealkylation sites (N-methyl/N-ethyl adjacent to an activating group) is 1. The van der Waals surface area contributed by atoms with E-state index in [0.29, 0.717) is 0 Å². The molecule has 0 aliphatic carbocycles. The summed E-state index contributed by atoms with van der Waals surface area (Å²) < 4.78 is 6.46. The number of aryl methyl sites for hydroxylation is 2. The molecule has 1 aromatic carbocycles. The molecule has 2 rings (SSSR count). The Morgan fingerprint density at radius 2 is 1.95 bits per heavy atom. The van der Waals surface area contributed by atoms with E-state index >= 15 is 0 Å². The van der Waals surface area contributed by atoms with Crippen LogP contribution in [0.15, 0.2) is 39.4 Å². The first-order valence-electron chi connectivity index (χ1n) is 6.65. The number of rotatable bonds is 5. The van der Waals surface area contributed by atoms with Crippen LogP contribution < -0.4 is 5.32 Å². The van der Waals surface area contributed by atoms with Crippen molar-refractivity contribution in [2.24, 2.45) is 0 Å². The zero-order chi connectivity index (χ0) is 13.8. The molecule has 1 N–H and O–H groups in total. The molecule has 19 heavy (non-hydrogen) atoms. The van der Waals surface area contributed by atoms with Crippen molar-refractivity contribution < 1.29 is 4.42 Å². The second-order valence-corrected chi connectivity index (χ2v) is 5.66. The van der Waals surface area contributed by atoms with E-state index in [2.05, 4.69) is 60.2 Å². The molecule has 0 aliphatic rings. The van der Waals surface area contributed by atoms with Crippen LogP contribution in [0.5, 0.6) is 0 Å². The summed E-state index contributed by atoms with van der Waals surface area (Å²) in [6.45, 7) is 7.34. The fourth-order valence-corrected chi connectivity index (χ4v) is 2.52. The van der Waals surface area contributed by atoms with Crippen LogP contribution in [0.1, 0.15) is 35.4 Å². The minimum absolute atomic E-state index is 0.221. The molecule has 0 saturated carbocycles. The number of benzene rings is 1. The monoisotopic (exact) mass is 321 g/mol. The zero-order valence-corrected chi connectivity index (χ0v) is 13.3. The molecular weight excluding hydrogens is 302 g/mol. The Balaban J connectivity index is 2.18. The van der Waals surface area contributed by atoms with E-state index in [0.717, 1.165) is 23.4 Å². The number of nitrogens with one attached hydrogen (secondary N) is 1. The molecule has 3 heteroatoms. The van der Waals surface area contributed by atoms with Gasteiger partial charge in [-0.15, -0.1) is 0 Å². The first-order chi connectivity index (χ1) is 9.10. The lowest BCUT2D eigenvalue weighted by Crippen LogP contribution is -2.22. The largest absolute Gasteiger partial charge is 0.453 e. The van der Waals surface area contributed by atoms with Crippen molar-refractivity contribution in [1.82, 2.24) is 5.32 Å². The lowest BCUT2D eigenvalue weighted by Gasteiger charge is -2.16. The van der Waals surface area contributed by atoms with Crippen LogP contribution in [0.3, 0.4) is 0 Å². The SMILES string of the molecule is CCNC(Cc1ccc(C)c(C)c1)c1ccc(Br)o1. The number of hydrogen-bond acceptors (Lipinski definition) is 2. The summed E-state index contributed by atoms with van der Waals surface area (Å²) in [7, 11) is 0. The van der Waals surface area contributed by atoms with Crippen LogP contribution in [0.2, 0.25) is 0 Å². The summed E-state index contributed by atoms with van der Waals surface area (Å²) in [4.78, 5) is 0. The maximum absolute atomic E-state index is 5.68. The molecular formula is C16H20BrNO. The first-order valence-corrected chi connectivity index (χ1v) is 7.44. The number of furan rings is 1. The Morgan fingerprint density at radius 1 is 1.16 bits per heavy atom. The quantitative estimate of drug-likeness (QED) is 0.873. The molecule has 102 valence electrons. The maximum Gasteiger partial charge on any atom is 0.169 e. The first kappa shape index (κ1) is 14.4. The van der Waals surface area contributed by atoms with Gasteiger partial charge in [0.15, 0.2) is 4.67 Å². The smallest absolute Gasteiger partial charge is 0.169 e. The van der Waals surface area contributed by atoms with Crippen LogP contribution in [0.25, 0.3) is 0 Å². The number of halogens is 1. The van der Waals surface area contributed by atoms with Gasteiger partial charge in [0.1, 0.15) is 5.76 Å². The fraction of sp³-hybridized carbons (Fsp3) is 0.375. The predicted octanol–water partition coefficient (Wildman–Crippen LogP) is 4.55. The standard InChI is InChI=1S/C16H20BrNO/c1-4-18-14(15-7-8-16(17)19-15)10-13-6-5-11(2)12(3)9-13/h5-9,14,18H,4,10H2,1-3H3. The highest BCUT2D eigenvalue weighted by Crippen LogP contribution is 2.24. The summed E-state index contributed by atoms with van der Waals surface area (Å²) >= 11 is 3.36. The summed E-state index contributed by atoms with van der Waals surface area (Å²) in [5.74, 6) is 0.979. The van der Waals surface area contributed by atoms with Crippen LogP contribution in [-0.4, -0.2) is 6.54 Å². The molecule has 1 unspecified atom stereocenters. The van der Waals surface area contributed by atoms with Crippen molar-refractivity contribution >= 4 is 15.9 Å². The second kappa shape index (κ2) is 6.40. The molecule has 1 atom stereocenters. The Hall–Kier alpha value is -1.06. The van der Waals surface area contributed by atoms with Crippen LogP contribution in [-0.2, 0) is 6.42 Å². The molecule has 0 aliphatic heterocycles. The van der Waals surface area contributed by atoms with Gasteiger partial charge in [-0.3, -0.25) is 0 Å². The normalized spacial score (nSPS) is 12.6. The number of hydrogen-bond donors (Lipinski definition) is 1. The third kappa shape index (κ3) is 3.71. The van der Waals surface area contributed by atoms with Gasteiger partial charge < -0.3 is 9.73 Å². The third-order valence-corrected chi connectivity index (χ3v) is 3.83. The van der Waals surface area contributed by atoms with Crippen molar-refractivity contribution in [2.75, 3.05) is 6.54 Å². The highest BCUT2D eigenvalue weighted by atomic mass is 79.9. The van der Waals surface area contributed by atoms with Gasteiger partial charge in [0.25, 0.3) is 0 Å². The predicted molar refractivity (Wildman–Crippen MR) is 82.4 cm³/mol. The van der Waals surface area contributed by atoms with Gasteiger partial charge in [0, 0.05) is 0 Å². The molecule has 0 radical (unpaired) electrons. The molecule has 1 aromatic heterocycles. The van der Waals surface area contributed by atoms with Crippen molar-refractivity contribution in [1.29, 1.82) is 0 Å². The van der Waals surface area contributed by atoms with Crippen LogP contribution >= 0.6 is 15.9 Å². The average Bonchev–Trinajstić information content (AvgIpc) is 2.80. The Labute approximate surface area is 123 Å². The van der Waals surface area contributed by atoms with Crippen molar-refractivity contribution in [3.8, 4) is 0 Å². The van der Waals surface area contributed by atoms with Gasteiger partial charge in [-0.1, -0.05) is 25.1 Å². The maximum atomic E-state index is 5.68. The Kier molecular flexibility index (Phi) is 4.83. The minimum Gasteiger partial charge on any atom is -0.453 e. The second-order valence-electron chi connectivity index (χ2n) is 4.87. The molecule has 0 fully saturated rings. The van der Waals surface area contributed by atoms with E-state index in [1.165, 1.54) is 16.7 Å². The van der Waals surface area contributed by atoms with Crippen LogP contribution in [0.4, 0.5) is 0 Å². The molecule has 2 nitrogen and oxygen atoms in total. The fourth-order valence-electron chi connectivity index (χ4n) is 2.20. The van der Waals surface area contributed by atoms with E-state index in [1.54, 1.807) is 0 Å². The van der Waals surface area contributed by atoms with E-state index in [4.69, 9.17) is 4.42 Å². The van der Waals surface area contributed by atoms with Gasteiger partial charge in [-0.05, 0) is 71.6 Å². The van der Waals surface area contributed by atoms with Gasteiger partial charge in [-0.25, -0.2) is 0 Å². The molecule has 2 aromatic rings. The summed E-state index contributed by atoms with van der Waals surface area (Å²) in [6, 6.07) is 10.8. The molecule has 0 saturated heterocycles. The molecule has 0 spiro atoms. The highest BCUT2D eigenvalue weighted by molar-refractivity contribution is 9.10. The Bertz CT molecular complexity index is 547. The van der Waals surface area contributed by atoms with E-state index in [-0.39, 0.29) is 6.04 Å². The summed E-state index contributed by atoms with van der Waals surface area (Å²) in [5, 5.41) is 3.48. The molecule has 1 heterocycles. The van der Waals surface area contributed by atoms with Gasteiger partial charge in [0.2, 0.25) is 0 Å². The highest BCUT2D eigenvalue weighted by Gasteiger charge is 2.15. The van der Waals surface area contributed by atoms with Crippen molar-refractivity contribution in [3.63, 3.8) is 0 Å². The van der Waals surface area contributed by atoms with E-state index in [1.807, 2.05) is 12.1 Å².